The van der Waals surface area contributed by atoms with Crippen LogP contribution in [0.15, 0.2) is 18.2 Å². The van der Waals surface area contributed by atoms with E-state index in [1.54, 1.807) is 0 Å². The van der Waals surface area contributed by atoms with Gasteiger partial charge in [-0.2, -0.15) is 13.2 Å². The van der Waals surface area contributed by atoms with Crippen LogP contribution in [-0.4, -0.2) is 29.5 Å². The SMILES string of the molecule is Cc1[nH]c2ccc(C(F)(F)F)cc2c1CC1CCCN1C. The van der Waals surface area contributed by atoms with Gasteiger partial charge in [0.1, 0.15) is 0 Å². The van der Waals surface area contributed by atoms with Crippen LogP contribution in [0.5, 0.6) is 0 Å². The second kappa shape index (κ2) is 5.05. The molecule has 1 atom stereocenters. The van der Waals surface area contributed by atoms with Gasteiger partial charge in [-0.15, -0.1) is 0 Å². The molecule has 21 heavy (non-hydrogen) atoms. The van der Waals surface area contributed by atoms with Gasteiger partial charge in [0, 0.05) is 22.6 Å². The van der Waals surface area contributed by atoms with Gasteiger partial charge in [-0.05, 0) is 63.5 Å². The number of H-pyrrole nitrogens is 1. The van der Waals surface area contributed by atoms with E-state index < -0.39 is 11.7 Å². The number of hydrogen-bond acceptors (Lipinski definition) is 1. The largest absolute Gasteiger partial charge is 0.416 e. The molecule has 2 nitrogen and oxygen atoms in total. The average Bonchev–Trinajstić information content (AvgIpc) is 2.93. The van der Waals surface area contributed by atoms with Crippen molar-refractivity contribution in [2.45, 2.75) is 38.4 Å². The van der Waals surface area contributed by atoms with Gasteiger partial charge < -0.3 is 9.88 Å². The molecule has 2 aromatic rings. The van der Waals surface area contributed by atoms with Crippen molar-refractivity contribution in [3.8, 4) is 0 Å². The number of aromatic amines is 1. The third-order valence-corrected chi connectivity index (χ3v) is 4.56. The van der Waals surface area contributed by atoms with Crippen LogP contribution in [0.2, 0.25) is 0 Å². The van der Waals surface area contributed by atoms with E-state index in [4.69, 9.17) is 0 Å². The summed E-state index contributed by atoms with van der Waals surface area (Å²) in [5.41, 5.74) is 2.21. The topological polar surface area (TPSA) is 19.0 Å². The van der Waals surface area contributed by atoms with E-state index in [1.165, 1.54) is 12.1 Å². The summed E-state index contributed by atoms with van der Waals surface area (Å²) in [4.78, 5) is 5.51. The van der Waals surface area contributed by atoms with E-state index in [9.17, 15) is 13.2 Å². The van der Waals surface area contributed by atoms with Crippen molar-refractivity contribution >= 4 is 10.9 Å². The second-order valence-electron chi connectivity index (χ2n) is 5.97. The maximum atomic E-state index is 12.9. The van der Waals surface area contributed by atoms with E-state index in [1.807, 2.05) is 6.92 Å². The molecule has 1 N–H and O–H groups in total. The summed E-state index contributed by atoms with van der Waals surface area (Å²) >= 11 is 0. The molecule has 0 radical (unpaired) electrons. The van der Waals surface area contributed by atoms with Crippen LogP contribution >= 0.6 is 0 Å². The number of rotatable bonds is 2. The highest BCUT2D eigenvalue weighted by Gasteiger charge is 2.31. The highest BCUT2D eigenvalue weighted by atomic mass is 19.4. The maximum Gasteiger partial charge on any atom is 0.416 e. The Kier molecular flexibility index (Phi) is 3.48. The number of likely N-dealkylation sites (N-methyl/N-ethyl adjacent to an activating group) is 1. The van der Waals surface area contributed by atoms with Crippen molar-refractivity contribution in [3.63, 3.8) is 0 Å². The van der Waals surface area contributed by atoms with Gasteiger partial charge in [-0.3, -0.25) is 0 Å². The normalized spacial score (nSPS) is 20.5. The highest BCUT2D eigenvalue weighted by Crippen LogP contribution is 2.34. The first kappa shape index (κ1) is 14.4. The number of alkyl halides is 3. The van der Waals surface area contributed by atoms with Crippen molar-refractivity contribution in [1.82, 2.24) is 9.88 Å². The molecule has 0 aliphatic carbocycles. The van der Waals surface area contributed by atoms with Gasteiger partial charge in [0.05, 0.1) is 5.56 Å². The lowest BCUT2D eigenvalue weighted by molar-refractivity contribution is -0.137. The van der Waals surface area contributed by atoms with Crippen LogP contribution in [-0.2, 0) is 12.6 Å². The minimum atomic E-state index is -4.29. The number of nitrogens with one attached hydrogen (secondary N) is 1. The molecule has 1 saturated heterocycles. The number of nitrogens with zero attached hydrogens (tertiary/aromatic N) is 1. The molecule has 5 heteroatoms. The average molecular weight is 296 g/mol. The van der Waals surface area contributed by atoms with Gasteiger partial charge in [0.15, 0.2) is 0 Å². The summed E-state index contributed by atoms with van der Waals surface area (Å²) in [6.45, 7) is 3.01. The fourth-order valence-electron chi connectivity index (χ4n) is 3.29. The number of halogens is 3. The van der Waals surface area contributed by atoms with E-state index in [-0.39, 0.29) is 0 Å². The van der Waals surface area contributed by atoms with Crippen molar-refractivity contribution in [2.24, 2.45) is 0 Å². The van der Waals surface area contributed by atoms with Gasteiger partial charge in [-0.25, -0.2) is 0 Å². The summed E-state index contributed by atoms with van der Waals surface area (Å²) in [5.74, 6) is 0. The zero-order valence-electron chi connectivity index (χ0n) is 12.2. The van der Waals surface area contributed by atoms with E-state index in [0.29, 0.717) is 11.4 Å². The third-order valence-electron chi connectivity index (χ3n) is 4.56. The fraction of sp³-hybridized carbons (Fsp3) is 0.500. The molecular weight excluding hydrogens is 277 g/mol. The standard InChI is InChI=1S/C16H19F3N2/c1-10-13(9-12-4-3-7-21(12)2)14-8-11(16(17,18)19)5-6-15(14)20-10/h5-6,8,12,20H,3-4,7,9H2,1-2H3. The molecule has 1 aliphatic heterocycles. The van der Waals surface area contributed by atoms with Gasteiger partial charge in [-0.1, -0.05) is 0 Å². The van der Waals surface area contributed by atoms with E-state index >= 15 is 0 Å². The van der Waals surface area contributed by atoms with Gasteiger partial charge in [0.25, 0.3) is 0 Å². The minimum absolute atomic E-state index is 0.428. The predicted octanol–water partition coefficient (Wildman–Crippen LogP) is 4.13. The number of fused-ring (bicyclic) bond motifs is 1. The van der Waals surface area contributed by atoms with Crippen molar-refractivity contribution < 1.29 is 13.2 Å². The molecule has 1 aromatic heterocycles. The van der Waals surface area contributed by atoms with Crippen molar-refractivity contribution in [2.75, 3.05) is 13.6 Å². The molecule has 1 aromatic carbocycles. The summed E-state index contributed by atoms with van der Waals surface area (Å²) < 4.78 is 38.7. The zero-order valence-corrected chi connectivity index (χ0v) is 12.2. The Balaban J connectivity index is 2.02. The van der Waals surface area contributed by atoms with Crippen LogP contribution in [0.4, 0.5) is 13.2 Å². The third kappa shape index (κ3) is 2.67. The van der Waals surface area contributed by atoms with E-state index in [2.05, 4.69) is 16.9 Å². The molecule has 1 fully saturated rings. The lowest BCUT2D eigenvalue weighted by Gasteiger charge is -2.19. The van der Waals surface area contributed by atoms with Crippen LogP contribution in [0.3, 0.4) is 0 Å². The highest BCUT2D eigenvalue weighted by molar-refractivity contribution is 5.85. The monoisotopic (exact) mass is 296 g/mol. The van der Waals surface area contributed by atoms with Crippen molar-refractivity contribution in [3.05, 3.63) is 35.0 Å². The molecule has 0 spiro atoms. The Bertz CT molecular complexity index is 657. The summed E-state index contributed by atoms with van der Waals surface area (Å²) in [5, 5.41) is 0.711. The lowest BCUT2D eigenvalue weighted by atomic mass is 10.00. The number of aryl methyl sites for hydroxylation is 1. The Labute approximate surface area is 121 Å². The Hall–Kier alpha value is -1.49. The molecule has 0 bridgehead atoms. The van der Waals surface area contributed by atoms with Crippen LogP contribution in [0.1, 0.15) is 29.7 Å². The molecule has 0 saturated carbocycles. The summed E-state index contributed by atoms with van der Waals surface area (Å²) in [6, 6.07) is 4.39. The van der Waals surface area contributed by atoms with Crippen LogP contribution < -0.4 is 0 Å². The number of aromatic nitrogens is 1. The Morgan fingerprint density at radius 3 is 2.71 bits per heavy atom. The fourth-order valence-corrected chi connectivity index (χ4v) is 3.29. The number of benzene rings is 1. The zero-order chi connectivity index (χ0) is 15.2. The molecule has 114 valence electrons. The van der Waals surface area contributed by atoms with Crippen molar-refractivity contribution in [1.29, 1.82) is 0 Å². The smallest absolute Gasteiger partial charge is 0.358 e. The Morgan fingerprint density at radius 2 is 2.10 bits per heavy atom. The summed E-state index contributed by atoms with van der Waals surface area (Å²) in [7, 11) is 2.09. The lowest BCUT2D eigenvalue weighted by Crippen LogP contribution is -2.26. The first-order chi connectivity index (χ1) is 9.86. The van der Waals surface area contributed by atoms with Gasteiger partial charge in [0.2, 0.25) is 0 Å². The molecule has 3 rings (SSSR count). The quantitative estimate of drug-likeness (QED) is 0.882. The number of hydrogen-bond donors (Lipinski definition) is 1. The first-order valence-corrected chi connectivity index (χ1v) is 7.25. The molecule has 1 unspecified atom stereocenters. The van der Waals surface area contributed by atoms with Gasteiger partial charge >= 0.3 is 6.18 Å². The second-order valence-corrected chi connectivity index (χ2v) is 5.97. The maximum absolute atomic E-state index is 12.9. The predicted molar refractivity (Wildman–Crippen MR) is 77.4 cm³/mol. The molecule has 1 aliphatic rings. The van der Waals surface area contributed by atoms with E-state index in [0.717, 1.165) is 48.6 Å². The molecule has 2 heterocycles. The van der Waals surface area contributed by atoms with Crippen LogP contribution in [0.25, 0.3) is 10.9 Å². The van der Waals surface area contributed by atoms with Crippen LogP contribution in [0, 0.1) is 6.92 Å². The number of likely N-dealkylation sites (tertiary alicyclic amines) is 1. The summed E-state index contributed by atoms with van der Waals surface area (Å²) in [6.07, 6.45) is -1.21. The minimum Gasteiger partial charge on any atom is -0.358 e. The molecular formula is C16H19F3N2. The molecule has 0 amide bonds. The Morgan fingerprint density at radius 1 is 1.33 bits per heavy atom. The first-order valence-electron chi connectivity index (χ1n) is 7.25.